The van der Waals surface area contributed by atoms with Gasteiger partial charge in [-0.05, 0) is 68.4 Å². The summed E-state index contributed by atoms with van der Waals surface area (Å²) in [6.07, 6.45) is -2.92. The predicted octanol–water partition coefficient (Wildman–Crippen LogP) is 6.51. The van der Waals surface area contributed by atoms with E-state index < -0.39 is 34.8 Å². The minimum Gasteiger partial charge on any atom is -0.456 e. The second kappa shape index (κ2) is 10.1. The third-order valence-corrected chi connectivity index (χ3v) is 5.81. The van der Waals surface area contributed by atoms with E-state index in [9.17, 15) is 22.8 Å². The standard InChI is InChI=1S/C25H28F3N5O3S/c1-13-19(21(37-33-13)32-18-12-29-11-17(31-18)25(26,27)28)20(34)30-14-8-9-15(16(10-14)23(2,3)4)22(35)36-24(5,6)7/h8-12H,1-7H3,(H,30,34)(H,31,32). The highest BCUT2D eigenvalue weighted by Gasteiger charge is 2.33. The monoisotopic (exact) mass is 535 g/mol. The van der Waals surface area contributed by atoms with Crippen molar-refractivity contribution in [2.45, 2.75) is 65.7 Å². The molecule has 0 saturated heterocycles. The van der Waals surface area contributed by atoms with Crippen molar-refractivity contribution in [3.8, 4) is 0 Å². The summed E-state index contributed by atoms with van der Waals surface area (Å²) in [6, 6.07) is 4.89. The number of hydrogen-bond donors (Lipinski definition) is 2. The molecule has 0 spiro atoms. The van der Waals surface area contributed by atoms with Crippen molar-refractivity contribution in [3.63, 3.8) is 0 Å². The Bertz CT molecular complexity index is 1320. The number of halogens is 3. The van der Waals surface area contributed by atoms with Crippen molar-refractivity contribution in [1.29, 1.82) is 0 Å². The quantitative estimate of drug-likeness (QED) is 0.359. The molecule has 0 aliphatic carbocycles. The van der Waals surface area contributed by atoms with E-state index >= 15 is 0 Å². The Kier molecular flexibility index (Phi) is 7.64. The smallest absolute Gasteiger partial charge is 0.434 e. The molecule has 1 amide bonds. The third-order valence-electron chi connectivity index (χ3n) is 4.96. The fourth-order valence-electron chi connectivity index (χ4n) is 3.35. The van der Waals surface area contributed by atoms with Crippen LogP contribution in [0.15, 0.2) is 30.6 Å². The van der Waals surface area contributed by atoms with Gasteiger partial charge in [0.1, 0.15) is 16.4 Å². The van der Waals surface area contributed by atoms with Crippen molar-refractivity contribution in [3.05, 3.63) is 58.7 Å². The van der Waals surface area contributed by atoms with E-state index in [0.717, 1.165) is 17.7 Å². The molecule has 1 aromatic carbocycles. The molecule has 0 atom stereocenters. The van der Waals surface area contributed by atoms with Gasteiger partial charge in [0.05, 0.1) is 29.2 Å². The molecule has 0 bridgehead atoms. The summed E-state index contributed by atoms with van der Waals surface area (Å²) < 4.78 is 48.7. The number of aromatic nitrogens is 3. The van der Waals surface area contributed by atoms with Gasteiger partial charge in [0.15, 0.2) is 5.69 Å². The second-order valence-electron chi connectivity index (χ2n) is 10.4. The first-order chi connectivity index (χ1) is 17.0. The molecule has 2 aromatic heterocycles. The predicted molar refractivity (Wildman–Crippen MR) is 135 cm³/mol. The molecule has 12 heteroatoms. The molecule has 3 aromatic rings. The van der Waals surface area contributed by atoms with Crippen molar-refractivity contribution in [2.75, 3.05) is 10.6 Å². The molecular formula is C25H28F3N5O3S. The number of carbonyl (C=O) groups is 2. The Morgan fingerprint density at radius 1 is 1.03 bits per heavy atom. The average Bonchev–Trinajstić information content (AvgIpc) is 3.11. The molecule has 198 valence electrons. The number of rotatable bonds is 5. The van der Waals surface area contributed by atoms with Crippen molar-refractivity contribution in [1.82, 2.24) is 14.3 Å². The van der Waals surface area contributed by atoms with E-state index in [1.54, 1.807) is 45.9 Å². The van der Waals surface area contributed by atoms with Gasteiger partial charge in [-0.25, -0.2) is 9.78 Å². The lowest BCUT2D eigenvalue weighted by Gasteiger charge is -2.26. The largest absolute Gasteiger partial charge is 0.456 e. The fourth-order valence-corrected chi connectivity index (χ4v) is 4.15. The van der Waals surface area contributed by atoms with Gasteiger partial charge >= 0.3 is 12.1 Å². The SMILES string of the molecule is Cc1nsc(Nc2cncc(C(F)(F)F)n2)c1C(=O)Nc1ccc(C(=O)OC(C)(C)C)c(C(C)(C)C)c1. The Hall–Kier alpha value is -3.54. The van der Waals surface area contributed by atoms with Gasteiger partial charge in [0, 0.05) is 5.69 Å². The molecule has 2 N–H and O–H groups in total. The van der Waals surface area contributed by atoms with Gasteiger partial charge in [0.2, 0.25) is 0 Å². The molecule has 0 fully saturated rings. The number of ether oxygens (including phenoxy) is 1. The maximum Gasteiger partial charge on any atom is 0.434 e. The Balaban J connectivity index is 1.90. The molecule has 2 heterocycles. The first kappa shape index (κ1) is 28.0. The lowest BCUT2D eigenvalue weighted by Crippen LogP contribution is -2.26. The Morgan fingerprint density at radius 3 is 2.30 bits per heavy atom. The second-order valence-corrected chi connectivity index (χ2v) is 11.1. The van der Waals surface area contributed by atoms with Crippen molar-refractivity contribution in [2.24, 2.45) is 0 Å². The summed E-state index contributed by atoms with van der Waals surface area (Å²) in [5, 5.41) is 5.72. The van der Waals surface area contributed by atoms with Gasteiger partial charge in [0.25, 0.3) is 5.91 Å². The first-order valence-electron chi connectivity index (χ1n) is 11.3. The molecule has 0 aliphatic rings. The zero-order valence-corrected chi connectivity index (χ0v) is 22.3. The highest BCUT2D eigenvalue weighted by Crippen LogP contribution is 2.33. The highest BCUT2D eigenvalue weighted by atomic mass is 32.1. The molecule has 0 aliphatic heterocycles. The van der Waals surface area contributed by atoms with E-state index in [1.165, 1.54) is 0 Å². The van der Waals surface area contributed by atoms with E-state index in [4.69, 9.17) is 4.74 Å². The van der Waals surface area contributed by atoms with Crippen molar-refractivity contribution >= 4 is 39.9 Å². The number of anilines is 3. The summed E-state index contributed by atoms with van der Waals surface area (Å²) in [7, 11) is 0. The number of hydrogen-bond acceptors (Lipinski definition) is 8. The minimum absolute atomic E-state index is 0.151. The van der Waals surface area contributed by atoms with Gasteiger partial charge in [-0.1, -0.05) is 20.8 Å². The molecule has 0 unspecified atom stereocenters. The lowest BCUT2D eigenvalue weighted by molar-refractivity contribution is -0.141. The summed E-state index contributed by atoms with van der Waals surface area (Å²) in [5.74, 6) is -1.18. The maximum absolute atomic E-state index is 13.2. The number of aryl methyl sites for hydroxylation is 1. The number of esters is 1. The Labute approximate surface area is 216 Å². The highest BCUT2D eigenvalue weighted by molar-refractivity contribution is 7.10. The summed E-state index contributed by atoms with van der Waals surface area (Å²) in [6.45, 7) is 12.8. The minimum atomic E-state index is -4.66. The molecular weight excluding hydrogens is 507 g/mol. The molecule has 37 heavy (non-hydrogen) atoms. The van der Waals surface area contributed by atoms with Crippen LogP contribution < -0.4 is 10.6 Å². The zero-order chi connectivity index (χ0) is 27.8. The normalized spacial score (nSPS) is 12.3. The van der Waals surface area contributed by atoms with Crippen LogP contribution in [0.5, 0.6) is 0 Å². The van der Waals surface area contributed by atoms with Gasteiger partial charge < -0.3 is 15.4 Å². The van der Waals surface area contributed by atoms with Crippen LogP contribution in [0.25, 0.3) is 0 Å². The van der Waals surface area contributed by atoms with E-state index in [-0.39, 0.29) is 16.4 Å². The third kappa shape index (κ3) is 7.03. The molecule has 3 rings (SSSR count). The lowest BCUT2D eigenvalue weighted by atomic mass is 9.83. The van der Waals surface area contributed by atoms with E-state index in [1.807, 2.05) is 20.8 Å². The fraction of sp³-hybridized carbons (Fsp3) is 0.400. The van der Waals surface area contributed by atoms with Crippen LogP contribution in [-0.4, -0.2) is 31.8 Å². The number of amides is 1. The van der Waals surface area contributed by atoms with Crippen LogP contribution in [-0.2, 0) is 16.3 Å². The number of carbonyl (C=O) groups excluding carboxylic acids is 2. The zero-order valence-electron chi connectivity index (χ0n) is 21.5. The van der Waals surface area contributed by atoms with Crippen LogP contribution in [0.2, 0.25) is 0 Å². The topological polar surface area (TPSA) is 106 Å². The molecule has 0 radical (unpaired) electrons. The van der Waals surface area contributed by atoms with Gasteiger partial charge in [-0.15, -0.1) is 0 Å². The number of alkyl halides is 3. The van der Waals surface area contributed by atoms with Crippen LogP contribution in [0, 0.1) is 6.92 Å². The molecule has 8 nitrogen and oxygen atoms in total. The summed E-state index contributed by atoms with van der Waals surface area (Å²) in [4.78, 5) is 33.1. The summed E-state index contributed by atoms with van der Waals surface area (Å²) in [5.41, 5.74) is -0.250. The molecule has 0 saturated carbocycles. The Morgan fingerprint density at radius 2 is 1.70 bits per heavy atom. The first-order valence-corrected chi connectivity index (χ1v) is 12.0. The number of nitrogens with zero attached hydrogens (tertiary/aromatic N) is 3. The number of benzene rings is 1. The van der Waals surface area contributed by atoms with E-state index in [2.05, 4.69) is 25.0 Å². The summed E-state index contributed by atoms with van der Waals surface area (Å²) >= 11 is 0.910. The van der Waals surface area contributed by atoms with E-state index in [0.29, 0.717) is 28.7 Å². The van der Waals surface area contributed by atoms with Crippen LogP contribution in [0.3, 0.4) is 0 Å². The number of nitrogens with one attached hydrogen (secondary N) is 2. The van der Waals surface area contributed by atoms with Crippen LogP contribution in [0.4, 0.5) is 29.7 Å². The van der Waals surface area contributed by atoms with Gasteiger partial charge in [-0.2, -0.15) is 17.5 Å². The van der Waals surface area contributed by atoms with Crippen LogP contribution >= 0.6 is 11.5 Å². The van der Waals surface area contributed by atoms with Gasteiger partial charge in [-0.3, -0.25) is 9.78 Å². The average molecular weight is 536 g/mol. The van der Waals surface area contributed by atoms with Crippen LogP contribution in [0.1, 0.15) is 79.2 Å². The van der Waals surface area contributed by atoms with Crippen molar-refractivity contribution < 1.29 is 27.5 Å². The maximum atomic E-state index is 13.2.